The van der Waals surface area contributed by atoms with Crippen molar-refractivity contribution in [2.75, 3.05) is 5.73 Å². The van der Waals surface area contributed by atoms with Crippen LogP contribution in [-0.4, -0.2) is 10.2 Å². The number of nitrogens with zero attached hydrogens (tertiary/aromatic N) is 1. The van der Waals surface area contributed by atoms with Crippen molar-refractivity contribution in [3.05, 3.63) is 56.9 Å². The van der Waals surface area contributed by atoms with E-state index in [1.165, 1.54) is 16.0 Å². The van der Waals surface area contributed by atoms with Crippen molar-refractivity contribution in [3.8, 4) is 0 Å². The monoisotopic (exact) mass is 355 g/mol. The molecule has 3 aromatic rings. The van der Waals surface area contributed by atoms with Gasteiger partial charge in [0.25, 0.3) is 0 Å². The predicted octanol–water partition coefficient (Wildman–Crippen LogP) is 5.64. The van der Waals surface area contributed by atoms with Gasteiger partial charge in [-0.05, 0) is 29.7 Å². The number of fused-ring (bicyclic) bond motifs is 3. The number of H-pyrrole nitrogens is 1. The van der Waals surface area contributed by atoms with E-state index in [9.17, 15) is 0 Å². The molecule has 0 aliphatic heterocycles. The SMILES string of the molecule is CC1(C)CC(/C=C/c2ccccc2Cl)=Cc2c1sc1n[nH]c(N)c21. The average molecular weight is 356 g/mol. The third-order valence-corrected chi connectivity index (χ3v) is 6.26. The maximum absolute atomic E-state index is 6.25. The first kappa shape index (κ1) is 15.5. The lowest BCUT2D eigenvalue weighted by molar-refractivity contribution is 0.531. The van der Waals surface area contributed by atoms with Crippen molar-refractivity contribution in [2.45, 2.75) is 25.7 Å². The minimum atomic E-state index is 0.0645. The van der Waals surface area contributed by atoms with Crippen LogP contribution in [0.5, 0.6) is 0 Å². The van der Waals surface area contributed by atoms with Gasteiger partial charge in [0, 0.05) is 20.9 Å². The van der Waals surface area contributed by atoms with Gasteiger partial charge < -0.3 is 5.73 Å². The van der Waals surface area contributed by atoms with Gasteiger partial charge >= 0.3 is 0 Å². The number of rotatable bonds is 2. The van der Waals surface area contributed by atoms with E-state index < -0.39 is 0 Å². The quantitative estimate of drug-likeness (QED) is 0.625. The number of halogens is 1. The van der Waals surface area contributed by atoms with Crippen molar-refractivity contribution in [1.82, 2.24) is 10.2 Å². The number of allylic oxidation sites excluding steroid dienone is 2. The second-order valence-corrected chi connectivity index (χ2v) is 8.20. The van der Waals surface area contributed by atoms with Crippen molar-refractivity contribution >= 4 is 51.1 Å². The Morgan fingerprint density at radius 3 is 2.88 bits per heavy atom. The molecule has 0 saturated heterocycles. The lowest BCUT2D eigenvalue weighted by atomic mass is 9.77. The maximum Gasteiger partial charge on any atom is 0.148 e. The third-order valence-electron chi connectivity index (χ3n) is 4.45. The number of anilines is 1. The molecule has 4 rings (SSSR count). The van der Waals surface area contributed by atoms with Crippen LogP contribution in [0.1, 0.15) is 36.3 Å². The number of nitrogens with one attached hydrogen (secondary N) is 1. The van der Waals surface area contributed by atoms with Gasteiger partial charge in [-0.15, -0.1) is 11.3 Å². The topological polar surface area (TPSA) is 54.7 Å². The molecule has 122 valence electrons. The van der Waals surface area contributed by atoms with Gasteiger partial charge in [0.2, 0.25) is 0 Å². The summed E-state index contributed by atoms with van der Waals surface area (Å²) in [6.07, 6.45) is 7.45. The van der Waals surface area contributed by atoms with Gasteiger partial charge in [0.15, 0.2) is 0 Å². The Labute approximate surface area is 149 Å². The molecule has 24 heavy (non-hydrogen) atoms. The molecule has 1 aliphatic rings. The van der Waals surface area contributed by atoms with Crippen LogP contribution in [-0.2, 0) is 5.41 Å². The first-order valence-electron chi connectivity index (χ1n) is 7.86. The minimum Gasteiger partial charge on any atom is -0.384 e. The average Bonchev–Trinajstić information content (AvgIpc) is 3.07. The van der Waals surface area contributed by atoms with Crippen molar-refractivity contribution < 1.29 is 0 Å². The Bertz CT molecular complexity index is 991. The highest BCUT2D eigenvalue weighted by Crippen LogP contribution is 2.47. The summed E-state index contributed by atoms with van der Waals surface area (Å²) in [7, 11) is 0. The normalized spacial score (nSPS) is 16.5. The zero-order valence-electron chi connectivity index (χ0n) is 13.6. The van der Waals surface area contributed by atoms with E-state index in [0.29, 0.717) is 5.82 Å². The zero-order chi connectivity index (χ0) is 16.9. The zero-order valence-corrected chi connectivity index (χ0v) is 15.1. The van der Waals surface area contributed by atoms with Crippen LogP contribution in [0.4, 0.5) is 5.82 Å². The molecule has 3 N–H and O–H groups in total. The number of aromatic amines is 1. The largest absolute Gasteiger partial charge is 0.384 e. The van der Waals surface area contributed by atoms with Crippen LogP contribution in [0.2, 0.25) is 5.02 Å². The van der Waals surface area contributed by atoms with E-state index in [1.54, 1.807) is 11.3 Å². The number of thiophene rings is 1. The fourth-order valence-corrected chi connectivity index (χ4v) is 4.74. The molecular weight excluding hydrogens is 338 g/mol. The molecule has 1 aliphatic carbocycles. The molecule has 0 amide bonds. The third kappa shape index (κ3) is 2.46. The van der Waals surface area contributed by atoms with E-state index in [1.807, 2.05) is 24.3 Å². The second-order valence-electron chi connectivity index (χ2n) is 6.80. The van der Waals surface area contributed by atoms with E-state index in [2.05, 4.69) is 42.3 Å². The van der Waals surface area contributed by atoms with Gasteiger partial charge in [-0.3, -0.25) is 5.10 Å². The van der Waals surface area contributed by atoms with Crippen molar-refractivity contribution in [2.24, 2.45) is 0 Å². The molecule has 3 nitrogen and oxygen atoms in total. The molecule has 0 radical (unpaired) electrons. The fourth-order valence-electron chi connectivity index (χ4n) is 3.32. The Kier molecular flexibility index (Phi) is 3.55. The summed E-state index contributed by atoms with van der Waals surface area (Å²) in [5.41, 5.74) is 9.66. The number of hydrogen-bond donors (Lipinski definition) is 2. The second kappa shape index (κ2) is 5.50. The highest BCUT2D eigenvalue weighted by molar-refractivity contribution is 7.19. The molecular formula is C19H18ClN3S. The molecule has 0 spiro atoms. The Morgan fingerprint density at radius 2 is 2.08 bits per heavy atom. The molecule has 0 atom stereocenters. The lowest BCUT2D eigenvalue weighted by Crippen LogP contribution is -2.20. The summed E-state index contributed by atoms with van der Waals surface area (Å²) in [6.45, 7) is 4.55. The highest BCUT2D eigenvalue weighted by Gasteiger charge is 2.32. The van der Waals surface area contributed by atoms with Gasteiger partial charge in [-0.2, -0.15) is 5.10 Å². The Hall–Kier alpha value is -2.04. The Morgan fingerprint density at radius 1 is 1.29 bits per heavy atom. The Balaban J connectivity index is 1.80. The summed E-state index contributed by atoms with van der Waals surface area (Å²) in [6, 6.07) is 7.87. The van der Waals surface area contributed by atoms with Crippen LogP contribution in [0, 0.1) is 0 Å². The van der Waals surface area contributed by atoms with Crippen LogP contribution < -0.4 is 5.73 Å². The van der Waals surface area contributed by atoms with E-state index in [4.69, 9.17) is 17.3 Å². The van der Waals surface area contributed by atoms with Crippen LogP contribution >= 0.6 is 22.9 Å². The summed E-state index contributed by atoms with van der Waals surface area (Å²) in [5, 5.41) is 9.02. The summed E-state index contributed by atoms with van der Waals surface area (Å²) < 4.78 is 0. The molecule has 0 unspecified atom stereocenters. The molecule has 0 saturated carbocycles. The first-order valence-corrected chi connectivity index (χ1v) is 9.05. The van der Waals surface area contributed by atoms with E-state index >= 15 is 0 Å². The van der Waals surface area contributed by atoms with Gasteiger partial charge in [0.1, 0.15) is 10.6 Å². The molecule has 1 aromatic carbocycles. The van der Waals surface area contributed by atoms with Crippen LogP contribution in [0.25, 0.3) is 22.4 Å². The van der Waals surface area contributed by atoms with E-state index in [-0.39, 0.29) is 5.41 Å². The predicted molar refractivity (Wildman–Crippen MR) is 104 cm³/mol. The van der Waals surface area contributed by atoms with Crippen LogP contribution in [0.3, 0.4) is 0 Å². The van der Waals surface area contributed by atoms with Gasteiger partial charge in [-0.1, -0.05) is 55.8 Å². The number of benzene rings is 1. The number of nitrogen functional groups attached to an aromatic ring is 1. The molecule has 5 heteroatoms. The van der Waals surface area contributed by atoms with E-state index in [0.717, 1.165) is 27.2 Å². The molecule has 2 aromatic heterocycles. The summed E-state index contributed by atoms with van der Waals surface area (Å²) in [4.78, 5) is 2.34. The standard InChI is InChI=1S/C19H18ClN3S/c1-19(2)10-11(7-8-12-5-3-4-6-14(12)20)9-13-15-17(21)22-23-18(15)24-16(13)19/h3-9H,10H2,1-2H3,(H3,21,22,23)/b8-7+. The molecule has 0 bridgehead atoms. The van der Waals surface area contributed by atoms with Crippen molar-refractivity contribution in [3.63, 3.8) is 0 Å². The van der Waals surface area contributed by atoms with Crippen LogP contribution in [0.15, 0.2) is 35.9 Å². The summed E-state index contributed by atoms with van der Waals surface area (Å²) in [5.74, 6) is 0.644. The first-order chi connectivity index (χ1) is 11.5. The smallest absolute Gasteiger partial charge is 0.148 e. The molecule has 2 heterocycles. The summed E-state index contributed by atoms with van der Waals surface area (Å²) >= 11 is 7.98. The number of hydrogen-bond acceptors (Lipinski definition) is 3. The van der Waals surface area contributed by atoms with Gasteiger partial charge in [0.05, 0.1) is 5.39 Å². The number of nitrogens with two attached hydrogens (primary N) is 1. The maximum atomic E-state index is 6.25. The van der Waals surface area contributed by atoms with Crippen molar-refractivity contribution in [1.29, 1.82) is 0 Å². The molecule has 0 fully saturated rings. The fraction of sp³-hybridized carbons (Fsp3) is 0.211. The number of aromatic nitrogens is 2. The van der Waals surface area contributed by atoms with Gasteiger partial charge in [-0.25, -0.2) is 0 Å². The minimum absolute atomic E-state index is 0.0645. The lowest BCUT2D eigenvalue weighted by Gasteiger charge is -2.29. The highest BCUT2D eigenvalue weighted by atomic mass is 35.5.